The maximum absolute atomic E-state index is 5.68. The summed E-state index contributed by atoms with van der Waals surface area (Å²) >= 11 is 0. The van der Waals surface area contributed by atoms with Crippen molar-refractivity contribution in [3.63, 3.8) is 0 Å². The average molecular weight is 254 g/mol. The van der Waals surface area contributed by atoms with E-state index in [1.165, 1.54) is 0 Å². The monoisotopic (exact) mass is 254 g/mol. The smallest absolute Gasteiger partial charge is 0.0979 e. The van der Waals surface area contributed by atoms with E-state index >= 15 is 0 Å². The summed E-state index contributed by atoms with van der Waals surface area (Å²) in [6.07, 6.45) is 1.73. The summed E-state index contributed by atoms with van der Waals surface area (Å²) < 4.78 is 13.0. The van der Waals surface area contributed by atoms with Gasteiger partial charge in [0, 0.05) is 19.2 Å². The van der Waals surface area contributed by atoms with Crippen LogP contribution in [-0.4, -0.2) is 41.7 Å². The molecule has 0 radical (unpaired) electrons. The topological polar surface area (TPSA) is 74.3 Å². The Hall–Kier alpha value is -0.950. The molecular weight excluding hydrogens is 232 g/mol. The highest BCUT2D eigenvalue weighted by atomic mass is 16.6. The molecule has 6 nitrogen and oxygen atoms in total. The van der Waals surface area contributed by atoms with Crippen molar-refractivity contribution in [3.05, 3.63) is 17.5 Å². The third kappa shape index (κ3) is 3.08. The lowest BCUT2D eigenvalue weighted by molar-refractivity contribution is -0.101. The summed E-state index contributed by atoms with van der Waals surface area (Å²) in [4.78, 5) is 0. The van der Waals surface area contributed by atoms with Gasteiger partial charge >= 0.3 is 0 Å². The summed E-state index contributed by atoms with van der Waals surface area (Å²) in [6.45, 7) is 3.99. The van der Waals surface area contributed by atoms with E-state index in [2.05, 4.69) is 23.5 Å². The van der Waals surface area contributed by atoms with Gasteiger partial charge in [0.1, 0.15) is 0 Å². The Bertz CT molecular complexity index is 374. The number of nitrogens with one attached hydrogen (secondary N) is 1. The Labute approximate surface area is 107 Å². The molecule has 1 saturated heterocycles. The number of hydrogen-bond acceptors (Lipinski definition) is 5. The van der Waals surface area contributed by atoms with E-state index in [1.54, 1.807) is 0 Å². The first kappa shape index (κ1) is 13.5. The molecule has 3 N–H and O–H groups in total. The highest BCUT2D eigenvalue weighted by Crippen LogP contribution is 2.12. The van der Waals surface area contributed by atoms with Gasteiger partial charge in [-0.05, 0) is 12.5 Å². The second-order valence-corrected chi connectivity index (χ2v) is 4.57. The molecule has 0 aromatic carbocycles. The maximum atomic E-state index is 5.68. The molecule has 2 heterocycles. The van der Waals surface area contributed by atoms with Crippen LogP contribution in [0.3, 0.4) is 0 Å². The first-order chi connectivity index (χ1) is 8.74. The lowest BCUT2D eigenvalue weighted by Crippen LogP contribution is -2.50. The van der Waals surface area contributed by atoms with Crippen molar-refractivity contribution in [2.24, 2.45) is 12.9 Å². The van der Waals surface area contributed by atoms with E-state index in [0.29, 0.717) is 19.8 Å². The molecule has 0 saturated carbocycles. The summed E-state index contributed by atoms with van der Waals surface area (Å²) in [5.74, 6) is 5.63. The van der Waals surface area contributed by atoms with E-state index in [0.717, 1.165) is 24.2 Å². The lowest BCUT2D eigenvalue weighted by atomic mass is 10.1. The van der Waals surface area contributed by atoms with Gasteiger partial charge in [-0.15, -0.1) is 0 Å². The third-order valence-corrected chi connectivity index (χ3v) is 3.32. The van der Waals surface area contributed by atoms with Crippen molar-refractivity contribution in [2.75, 3.05) is 19.8 Å². The largest absolute Gasteiger partial charge is 0.376 e. The lowest BCUT2D eigenvalue weighted by Gasteiger charge is -2.29. The molecule has 0 amide bonds. The zero-order chi connectivity index (χ0) is 13.0. The average Bonchev–Trinajstić information content (AvgIpc) is 2.77. The van der Waals surface area contributed by atoms with Gasteiger partial charge in [0.25, 0.3) is 0 Å². The van der Waals surface area contributed by atoms with E-state index in [-0.39, 0.29) is 12.1 Å². The van der Waals surface area contributed by atoms with Crippen LogP contribution in [0.15, 0.2) is 6.07 Å². The number of nitrogens with two attached hydrogens (primary N) is 1. The number of hydrazine groups is 1. The molecular formula is C12H22N4O2. The van der Waals surface area contributed by atoms with E-state index in [4.69, 9.17) is 15.3 Å². The van der Waals surface area contributed by atoms with Crippen LogP contribution in [0.25, 0.3) is 0 Å². The number of aryl methyl sites for hydroxylation is 2. The van der Waals surface area contributed by atoms with Crippen LogP contribution < -0.4 is 11.3 Å². The van der Waals surface area contributed by atoms with E-state index < -0.39 is 0 Å². The van der Waals surface area contributed by atoms with E-state index in [1.807, 2.05) is 11.7 Å². The molecule has 0 bridgehead atoms. The number of rotatable bonds is 5. The summed E-state index contributed by atoms with van der Waals surface area (Å²) in [5, 5.41) is 4.44. The van der Waals surface area contributed by atoms with Crippen LogP contribution in [0.2, 0.25) is 0 Å². The molecule has 102 valence electrons. The Morgan fingerprint density at radius 2 is 2.44 bits per heavy atom. The first-order valence-corrected chi connectivity index (χ1v) is 6.41. The van der Waals surface area contributed by atoms with Crippen molar-refractivity contribution in [1.82, 2.24) is 15.2 Å². The quantitative estimate of drug-likeness (QED) is 0.561. The number of aromatic nitrogens is 2. The van der Waals surface area contributed by atoms with Gasteiger partial charge in [0.05, 0.1) is 37.7 Å². The Kier molecular flexibility index (Phi) is 4.71. The minimum Gasteiger partial charge on any atom is -0.376 e. The number of nitrogens with zero attached hydrogens (tertiary/aromatic N) is 2. The van der Waals surface area contributed by atoms with Crippen molar-refractivity contribution < 1.29 is 9.47 Å². The molecule has 2 rings (SSSR count). The van der Waals surface area contributed by atoms with Crippen LogP contribution in [0.5, 0.6) is 0 Å². The molecule has 18 heavy (non-hydrogen) atoms. The summed E-state index contributed by atoms with van der Waals surface area (Å²) in [5.41, 5.74) is 5.09. The standard InChI is InChI=1S/C12H22N4O2/c1-3-9-6-10(16(2)15-9)7-11(14-13)12-8-17-4-5-18-12/h6,11-12,14H,3-5,7-8,13H2,1-2H3. The van der Waals surface area contributed by atoms with Gasteiger partial charge < -0.3 is 9.47 Å². The van der Waals surface area contributed by atoms with Crippen LogP contribution in [0.4, 0.5) is 0 Å². The van der Waals surface area contributed by atoms with Crippen molar-refractivity contribution in [3.8, 4) is 0 Å². The fraction of sp³-hybridized carbons (Fsp3) is 0.750. The Balaban J connectivity index is 2.02. The highest BCUT2D eigenvalue weighted by molar-refractivity contribution is 5.12. The maximum Gasteiger partial charge on any atom is 0.0979 e. The molecule has 1 aliphatic rings. The Morgan fingerprint density at radius 3 is 3.00 bits per heavy atom. The molecule has 0 aliphatic carbocycles. The van der Waals surface area contributed by atoms with Crippen LogP contribution in [-0.2, 0) is 29.4 Å². The van der Waals surface area contributed by atoms with Crippen molar-refractivity contribution in [1.29, 1.82) is 0 Å². The van der Waals surface area contributed by atoms with Gasteiger partial charge in [0.2, 0.25) is 0 Å². The summed E-state index contributed by atoms with van der Waals surface area (Å²) in [7, 11) is 1.96. The van der Waals surface area contributed by atoms with Crippen molar-refractivity contribution in [2.45, 2.75) is 31.9 Å². The Morgan fingerprint density at radius 1 is 1.61 bits per heavy atom. The number of hydrogen-bond donors (Lipinski definition) is 2. The second kappa shape index (κ2) is 6.29. The minimum atomic E-state index is 0.00345. The minimum absolute atomic E-state index is 0.00345. The SMILES string of the molecule is CCc1cc(CC(NN)C2COCCO2)n(C)n1. The molecule has 2 unspecified atom stereocenters. The van der Waals surface area contributed by atoms with Gasteiger partial charge in [-0.2, -0.15) is 5.10 Å². The zero-order valence-corrected chi connectivity index (χ0v) is 11.1. The molecule has 1 aromatic rings. The normalized spacial score (nSPS) is 22.1. The number of ether oxygens (including phenoxy) is 2. The van der Waals surface area contributed by atoms with E-state index in [9.17, 15) is 0 Å². The highest BCUT2D eigenvalue weighted by Gasteiger charge is 2.25. The zero-order valence-electron chi connectivity index (χ0n) is 11.1. The third-order valence-electron chi connectivity index (χ3n) is 3.32. The van der Waals surface area contributed by atoms with Crippen LogP contribution in [0, 0.1) is 0 Å². The van der Waals surface area contributed by atoms with Gasteiger partial charge in [-0.25, -0.2) is 0 Å². The predicted octanol–water partition coefficient (Wildman–Crippen LogP) is -0.228. The van der Waals surface area contributed by atoms with Gasteiger partial charge in [0.15, 0.2) is 0 Å². The fourth-order valence-electron chi connectivity index (χ4n) is 2.20. The second-order valence-electron chi connectivity index (χ2n) is 4.57. The molecule has 1 aliphatic heterocycles. The molecule has 2 atom stereocenters. The van der Waals surface area contributed by atoms with Crippen LogP contribution in [0.1, 0.15) is 18.3 Å². The van der Waals surface area contributed by atoms with Crippen molar-refractivity contribution >= 4 is 0 Å². The predicted molar refractivity (Wildman–Crippen MR) is 68.0 cm³/mol. The molecule has 0 spiro atoms. The fourth-order valence-corrected chi connectivity index (χ4v) is 2.20. The first-order valence-electron chi connectivity index (χ1n) is 6.41. The molecule has 1 aromatic heterocycles. The van der Waals surface area contributed by atoms with Gasteiger partial charge in [-0.1, -0.05) is 6.92 Å². The van der Waals surface area contributed by atoms with Gasteiger partial charge in [-0.3, -0.25) is 16.0 Å². The molecule has 1 fully saturated rings. The summed E-state index contributed by atoms with van der Waals surface area (Å²) in [6, 6.07) is 2.17. The van der Waals surface area contributed by atoms with Crippen LogP contribution >= 0.6 is 0 Å². The molecule has 6 heteroatoms.